The van der Waals surface area contributed by atoms with E-state index in [2.05, 4.69) is 35.3 Å². The first kappa shape index (κ1) is 17.2. The topological polar surface area (TPSA) is 106 Å². The van der Waals surface area contributed by atoms with Crippen molar-refractivity contribution in [2.45, 2.75) is 19.3 Å². The van der Waals surface area contributed by atoms with Crippen LogP contribution in [0, 0.1) is 11.3 Å². The summed E-state index contributed by atoms with van der Waals surface area (Å²) in [4.78, 5) is 0. The van der Waals surface area contributed by atoms with E-state index in [1.54, 1.807) is 0 Å². The van der Waals surface area contributed by atoms with Gasteiger partial charge in [-0.3, -0.25) is 5.10 Å². The molecule has 3 N–H and O–H groups in total. The van der Waals surface area contributed by atoms with E-state index in [4.69, 9.17) is 19.9 Å². The largest absolute Gasteiger partial charge is 0.454 e. The number of nitriles is 1. The normalized spacial score (nSPS) is 16.9. The molecule has 1 atom stereocenters. The lowest BCUT2D eigenvalue weighted by atomic mass is 9.82. The SMILES string of the molecule is CCc1ccc(C2C(C#N)=C(N)Oc3n[nH]c(-c4ccc5c(c4)OCO5)c32)cc1. The number of H-pyrrole nitrogens is 1. The molecule has 1 aromatic heterocycles. The molecule has 0 amide bonds. The minimum absolute atomic E-state index is 0.0771. The molecule has 0 radical (unpaired) electrons. The van der Waals surface area contributed by atoms with E-state index in [-0.39, 0.29) is 18.6 Å². The molecule has 29 heavy (non-hydrogen) atoms. The van der Waals surface area contributed by atoms with E-state index in [1.807, 2.05) is 30.3 Å². The summed E-state index contributed by atoms with van der Waals surface area (Å²) in [7, 11) is 0. The number of rotatable bonds is 3. The highest BCUT2D eigenvalue weighted by Gasteiger charge is 2.35. The van der Waals surface area contributed by atoms with Crippen LogP contribution in [0.5, 0.6) is 17.4 Å². The molecule has 1 unspecified atom stereocenters. The van der Waals surface area contributed by atoms with Crippen molar-refractivity contribution in [2.24, 2.45) is 5.73 Å². The highest BCUT2D eigenvalue weighted by Crippen LogP contribution is 2.46. The van der Waals surface area contributed by atoms with Gasteiger partial charge in [-0.15, -0.1) is 5.10 Å². The average molecular weight is 386 g/mol. The second-order valence-corrected chi connectivity index (χ2v) is 6.91. The zero-order valence-electron chi connectivity index (χ0n) is 15.7. The number of aromatic nitrogens is 2. The first-order valence-corrected chi connectivity index (χ1v) is 9.34. The molecule has 0 saturated heterocycles. The lowest BCUT2D eigenvalue weighted by Gasteiger charge is -2.24. The summed E-state index contributed by atoms with van der Waals surface area (Å²) in [5.41, 5.74) is 11.0. The maximum absolute atomic E-state index is 9.81. The van der Waals surface area contributed by atoms with Crippen molar-refractivity contribution in [1.29, 1.82) is 5.26 Å². The summed E-state index contributed by atoms with van der Waals surface area (Å²) in [5.74, 6) is 1.44. The van der Waals surface area contributed by atoms with Gasteiger partial charge in [0.05, 0.1) is 17.2 Å². The molecule has 144 valence electrons. The number of nitrogens with one attached hydrogen (secondary N) is 1. The van der Waals surface area contributed by atoms with Crippen molar-refractivity contribution in [2.75, 3.05) is 6.79 Å². The maximum atomic E-state index is 9.81. The van der Waals surface area contributed by atoms with Crippen LogP contribution in [0.2, 0.25) is 0 Å². The Kier molecular flexibility index (Phi) is 3.91. The van der Waals surface area contributed by atoms with E-state index >= 15 is 0 Å². The lowest BCUT2D eigenvalue weighted by Crippen LogP contribution is -2.21. The molecular weight excluding hydrogens is 368 g/mol. The van der Waals surface area contributed by atoms with Gasteiger partial charge < -0.3 is 19.9 Å². The van der Waals surface area contributed by atoms with Crippen molar-refractivity contribution >= 4 is 0 Å². The van der Waals surface area contributed by atoms with Gasteiger partial charge in [-0.05, 0) is 35.7 Å². The number of allylic oxidation sites excluding steroid dienone is 1. The molecule has 7 heteroatoms. The number of nitrogens with zero attached hydrogens (tertiary/aromatic N) is 2. The predicted molar refractivity (Wildman–Crippen MR) is 105 cm³/mol. The Balaban J connectivity index is 1.68. The van der Waals surface area contributed by atoms with Crippen molar-refractivity contribution in [3.63, 3.8) is 0 Å². The Morgan fingerprint density at radius 1 is 1.17 bits per heavy atom. The van der Waals surface area contributed by atoms with E-state index in [0.29, 0.717) is 23.0 Å². The van der Waals surface area contributed by atoms with Crippen LogP contribution >= 0.6 is 0 Å². The molecular formula is C22H18N4O3. The number of aromatic amines is 1. The second-order valence-electron chi connectivity index (χ2n) is 6.91. The molecule has 0 aliphatic carbocycles. The Bertz CT molecular complexity index is 1170. The fourth-order valence-corrected chi connectivity index (χ4v) is 3.80. The molecule has 0 bridgehead atoms. The summed E-state index contributed by atoms with van der Waals surface area (Å²) in [6.45, 7) is 2.31. The molecule has 2 aliphatic heterocycles. The predicted octanol–water partition coefficient (Wildman–Crippen LogP) is 3.59. The number of ether oxygens (including phenoxy) is 3. The zero-order valence-corrected chi connectivity index (χ0v) is 15.7. The second kappa shape index (κ2) is 6.60. The molecule has 3 heterocycles. The van der Waals surface area contributed by atoms with Crippen LogP contribution in [0.4, 0.5) is 0 Å². The molecule has 2 aromatic carbocycles. The molecule has 7 nitrogen and oxygen atoms in total. The highest BCUT2D eigenvalue weighted by molar-refractivity contribution is 5.73. The molecule has 0 fully saturated rings. The van der Waals surface area contributed by atoms with Crippen molar-refractivity contribution < 1.29 is 14.2 Å². The standard InChI is InChI=1S/C22H18N4O3/c1-2-12-3-5-13(6-4-12)18-15(10-23)21(24)29-22-19(18)20(25-26-22)14-7-8-16-17(9-14)28-11-27-16/h3-9,18H,2,11,24H2,1H3,(H,25,26). The van der Waals surface area contributed by atoms with Crippen molar-refractivity contribution in [3.8, 4) is 34.7 Å². The Labute approximate surface area is 167 Å². The first-order chi connectivity index (χ1) is 14.2. The van der Waals surface area contributed by atoms with Crippen LogP contribution in [0.15, 0.2) is 53.9 Å². The molecule has 0 spiro atoms. The summed E-state index contributed by atoms with van der Waals surface area (Å²) < 4.78 is 16.6. The minimum Gasteiger partial charge on any atom is -0.454 e. The van der Waals surface area contributed by atoms with Gasteiger partial charge in [-0.25, -0.2) is 0 Å². The van der Waals surface area contributed by atoms with Gasteiger partial charge in [0.15, 0.2) is 11.5 Å². The van der Waals surface area contributed by atoms with E-state index in [9.17, 15) is 5.26 Å². The highest BCUT2D eigenvalue weighted by atomic mass is 16.7. The van der Waals surface area contributed by atoms with Gasteiger partial charge in [0, 0.05) is 5.56 Å². The average Bonchev–Trinajstić information content (AvgIpc) is 3.39. The van der Waals surface area contributed by atoms with Crippen LogP contribution in [0.3, 0.4) is 0 Å². The number of aryl methyl sites for hydroxylation is 1. The minimum atomic E-state index is -0.381. The van der Waals surface area contributed by atoms with E-state index in [1.165, 1.54) is 5.56 Å². The Morgan fingerprint density at radius 2 is 1.97 bits per heavy atom. The maximum Gasteiger partial charge on any atom is 0.244 e. The Morgan fingerprint density at radius 3 is 2.72 bits per heavy atom. The number of hydrogen-bond acceptors (Lipinski definition) is 6. The molecule has 2 aliphatic rings. The number of fused-ring (bicyclic) bond motifs is 2. The van der Waals surface area contributed by atoms with Crippen LogP contribution in [0.1, 0.15) is 29.5 Å². The summed E-state index contributed by atoms with van der Waals surface area (Å²) >= 11 is 0. The van der Waals surface area contributed by atoms with E-state index < -0.39 is 0 Å². The van der Waals surface area contributed by atoms with Gasteiger partial charge in [0.2, 0.25) is 18.6 Å². The van der Waals surface area contributed by atoms with Crippen LogP contribution < -0.4 is 19.9 Å². The third-order valence-electron chi connectivity index (χ3n) is 5.32. The van der Waals surface area contributed by atoms with Crippen LogP contribution in [-0.2, 0) is 6.42 Å². The molecule has 5 rings (SSSR count). The van der Waals surface area contributed by atoms with Gasteiger partial charge in [-0.1, -0.05) is 31.2 Å². The summed E-state index contributed by atoms with van der Waals surface area (Å²) in [6, 6.07) is 16.1. The zero-order chi connectivity index (χ0) is 20.0. The van der Waals surface area contributed by atoms with Gasteiger partial charge in [-0.2, -0.15) is 5.26 Å². The van der Waals surface area contributed by atoms with Gasteiger partial charge in [0.25, 0.3) is 0 Å². The number of hydrogen-bond donors (Lipinski definition) is 2. The van der Waals surface area contributed by atoms with Crippen molar-refractivity contribution in [3.05, 3.63) is 70.6 Å². The summed E-state index contributed by atoms with van der Waals surface area (Å²) in [5, 5.41) is 17.2. The third kappa shape index (κ3) is 2.69. The van der Waals surface area contributed by atoms with Crippen LogP contribution in [0.25, 0.3) is 11.3 Å². The fourth-order valence-electron chi connectivity index (χ4n) is 3.80. The van der Waals surface area contributed by atoms with E-state index in [0.717, 1.165) is 28.8 Å². The first-order valence-electron chi connectivity index (χ1n) is 9.34. The smallest absolute Gasteiger partial charge is 0.244 e. The number of nitrogens with two attached hydrogens (primary N) is 1. The Hall–Kier alpha value is -3.92. The van der Waals surface area contributed by atoms with Crippen molar-refractivity contribution in [1.82, 2.24) is 10.2 Å². The van der Waals surface area contributed by atoms with Gasteiger partial charge >= 0.3 is 0 Å². The molecule has 3 aromatic rings. The molecule has 0 saturated carbocycles. The van der Waals surface area contributed by atoms with Crippen LogP contribution in [-0.4, -0.2) is 17.0 Å². The fraction of sp³-hybridized carbons (Fsp3) is 0.182. The lowest BCUT2D eigenvalue weighted by molar-refractivity contribution is 0.174. The summed E-state index contributed by atoms with van der Waals surface area (Å²) in [6.07, 6.45) is 0.941. The third-order valence-corrected chi connectivity index (χ3v) is 5.32. The van der Waals surface area contributed by atoms with Gasteiger partial charge in [0.1, 0.15) is 11.6 Å². The number of benzene rings is 2. The monoisotopic (exact) mass is 386 g/mol. The quantitative estimate of drug-likeness (QED) is 0.713.